The first-order valence-corrected chi connectivity index (χ1v) is 3.03. The molecule has 0 radical (unpaired) electrons. The molecule has 0 rings (SSSR count). The molecule has 44 valence electrons. The Morgan fingerprint density at radius 2 is 2.38 bits per heavy atom. The fourth-order valence-electron chi connectivity index (χ4n) is 0.142. The monoisotopic (exact) mass is 223 g/mol. The summed E-state index contributed by atoms with van der Waals surface area (Å²) < 4.78 is 1.06. The summed E-state index contributed by atoms with van der Waals surface area (Å²) in [7, 11) is 0. The highest BCUT2D eigenvalue weighted by molar-refractivity contribution is 14.1. The number of hydrogen-bond donors (Lipinski definition) is 0. The average Bonchev–Trinajstić information content (AvgIpc) is 1.66. The van der Waals surface area contributed by atoms with Gasteiger partial charge < -0.3 is 0 Å². The zero-order chi connectivity index (χ0) is 6.41. The molecule has 0 aliphatic carbocycles. The number of hydrogen-bond acceptors (Lipinski definition) is 2. The second kappa shape index (κ2) is 4.89. The van der Waals surface area contributed by atoms with Crippen molar-refractivity contribution in [1.82, 2.24) is 0 Å². The average molecular weight is 223 g/mol. The predicted octanol–water partition coefficient (Wildman–Crippen LogP) is 2.35. The van der Waals surface area contributed by atoms with Crippen LogP contribution in [0.1, 0.15) is 6.92 Å². The predicted molar refractivity (Wildman–Crippen MR) is 42.2 cm³/mol. The molecule has 0 bridgehead atoms. The molecule has 8 heavy (non-hydrogen) atoms. The van der Waals surface area contributed by atoms with Crippen molar-refractivity contribution in [2.24, 2.45) is 15.4 Å². The summed E-state index contributed by atoms with van der Waals surface area (Å²) >= 11 is 2.13. The normalized spacial score (nSPS) is 12.5. The minimum atomic E-state index is 1.06. The van der Waals surface area contributed by atoms with E-state index >= 15 is 0 Å². The zero-order valence-electron chi connectivity index (χ0n) is 4.50. The van der Waals surface area contributed by atoms with Crippen molar-refractivity contribution in [3.63, 3.8) is 0 Å². The van der Waals surface area contributed by atoms with Crippen LogP contribution in [0.4, 0.5) is 0 Å². The van der Waals surface area contributed by atoms with Crippen LogP contribution >= 0.6 is 22.6 Å². The van der Waals surface area contributed by atoms with Crippen molar-refractivity contribution < 1.29 is 0 Å². The molecule has 0 saturated carbocycles. The van der Waals surface area contributed by atoms with Gasteiger partial charge >= 0.3 is 0 Å². The van der Waals surface area contributed by atoms with Gasteiger partial charge in [-0.25, -0.2) is 0 Å². The summed E-state index contributed by atoms with van der Waals surface area (Å²) in [4.78, 5) is 0. The summed E-state index contributed by atoms with van der Waals surface area (Å²) in [6, 6.07) is 0. The van der Waals surface area contributed by atoms with Crippen LogP contribution in [-0.2, 0) is 0 Å². The Morgan fingerprint density at radius 3 is 2.75 bits per heavy atom. The van der Waals surface area contributed by atoms with Gasteiger partial charge in [-0.05, 0) is 34.7 Å². The van der Waals surface area contributed by atoms with E-state index < -0.39 is 0 Å². The van der Waals surface area contributed by atoms with E-state index in [1.54, 1.807) is 6.20 Å². The quantitative estimate of drug-likeness (QED) is 0.298. The lowest BCUT2D eigenvalue weighted by Gasteiger charge is -1.74. The van der Waals surface area contributed by atoms with Crippen molar-refractivity contribution >= 4 is 29.3 Å². The van der Waals surface area contributed by atoms with Crippen LogP contribution in [0.2, 0.25) is 0 Å². The second-order valence-corrected chi connectivity index (χ2v) is 2.76. The maximum Gasteiger partial charge on any atom is 0.0603 e. The molecule has 0 aliphatic heterocycles. The highest BCUT2D eigenvalue weighted by Crippen LogP contribution is 2.02. The Balaban J connectivity index is 3.57. The molecule has 0 heterocycles. The summed E-state index contributed by atoms with van der Waals surface area (Å²) in [5, 5.41) is 9.95. The molecule has 0 aromatic rings. The number of nitrogens with zero attached hydrogens (tertiary/aromatic N) is 3. The van der Waals surface area contributed by atoms with Crippen molar-refractivity contribution in [3.8, 4) is 0 Å². The van der Waals surface area contributed by atoms with Gasteiger partial charge in [0, 0.05) is 10.3 Å². The Morgan fingerprint density at radius 1 is 1.75 bits per heavy atom. The van der Waals surface area contributed by atoms with Crippen molar-refractivity contribution in [2.45, 2.75) is 6.92 Å². The summed E-state index contributed by atoms with van der Waals surface area (Å²) in [5.74, 6) is 0. The van der Waals surface area contributed by atoms with Gasteiger partial charge in [0.25, 0.3) is 0 Å². The molecule has 0 aromatic heterocycles. The fraction of sp³-hybridized carbons (Fsp3) is 0.250. The van der Waals surface area contributed by atoms with Crippen molar-refractivity contribution in [2.75, 3.05) is 0 Å². The molecular formula is C4H6IN3. The lowest BCUT2D eigenvalue weighted by Crippen LogP contribution is -1.51. The van der Waals surface area contributed by atoms with Crippen molar-refractivity contribution in [1.29, 1.82) is 0 Å². The summed E-state index contributed by atoms with van der Waals surface area (Å²) in [6.07, 6.45) is 1.61. The molecule has 0 N–H and O–H groups in total. The summed E-state index contributed by atoms with van der Waals surface area (Å²) in [6.45, 7) is 5.03. The van der Waals surface area contributed by atoms with E-state index in [9.17, 15) is 0 Å². The van der Waals surface area contributed by atoms with E-state index in [0.717, 1.165) is 3.58 Å². The van der Waals surface area contributed by atoms with Crippen LogP contribution in [0, 0.1) is 0 Å². The van der Waals surface area contributed by atoms with Gasteiger partial charge in [0.1, 0.15) is 0 Å². The van der Waals surface area contributed by atoms with Gasteiger partial charge in [0.2, 0.25) is 0 Å². The highest BCUT2D eigenvalue weighted by atomic mass is 127. The zero-order valence-corrected chi connectivity index (χ0v) is 6.66. The Bertz CT molecular complexity index is 123. The van der Waals surface area contributed by atoms with E-state index in [-0.39, 0.29) is 0 Å². The third kappa shape index (κ3) is 5.74. The van der Waals surface area contributed by atoms with Gasteiger partial charge in [-0.15, -0.1) is 10.2 Å². The molecular weight excluding hydrogens is 217 g/mol. The smallest absolute Gasteiger partial charge is 0.0603 e. The SMILES string of the molecule is C=N/N=N\C=C(/C)I. The molecule has 0 atom stereocenters. The second-order valence-electron chi connectivity index (χ2n) is 1.06. The van der Waals surface area contributed by atoms with Gasteiger partial charge in [-0.1, -0.05) is 0 Å². The molecule has 0 aliphatic rings. The van der Waals surface area contributed by atoms with Crippen LogP contribution < -0.4 is 0 Å². The Kier molecular flexibility index (Phi) is 4.73. The van der Waals surface area contributed by atoms with Crippen LogP contribution in [0.25, 0.3) is 0 Å². The first-order chi connectivity index (χ1) is 3.77. The molecule has 0 aromatic carbocycles. The molecule has 0 saturated heterocycles. The molecule has 3 nitrogen and oxygen atoms in total. The van der Waals surface area contributed by atoms with E-state index in [0.29, 0.717) is 0 Å². The maximum absolute atomic E-state index is 3.52. The van der Waals surface area contributed by atoms with E-state index in [4.69, 9.17) is 0 Å². The third-order valence-electron chi connectivity index (χ3n) is 0.351. The minimum Gasteiger partial charge on any atom is -0.147 e. The van der Waals surface area contributed by atoms with Gasteiger partial charge in [0.15, 0.2) is 0 Å². The van der Waals surface area contributed by atoms with Crippen LogP contribution in [0.5, 0.6) is 0 Å². The van der Waals surface area contributed by atoms with Crippen LogP contribution in [0.3, 0.4) is 0 Å². The van der Waals surface area contributed by atoms with E-state index in [2.05, 4.69) is 44.7 Å². The molecule has 4 heteroatoms. The van der Waals surface area contributed by atoms with E-state index in [1.165, 1.54) is 0 Å². The molecule has 0 unspecified atom stereocenters. The number of rotatable bonds is 2. The van der Waals surface area contributed by atoms with E-state index in [1.807, 2.05) is 6.92 Å². The molecule has 0 amide bonds. The lowest BCUT2D eigenvalue weighted by atomic mass is 10.7. The number of allylic oxidation sites excluding steroid dienone is 1. The highest BCUT2D eigenvalue weighted by Gasteiger charge is 1.70. The lowest BCUT2D eigenvalue weighted by molar-refractivity contribution is 1.06. The fourth-order valence-corrected chi connectivity index (χ4v) is 0.266. The topological polar surface area (TPSA) is 37.1 Å². The van der Waals surface area contributed by atoms with Crippen LogP contribution in [0.15, 0.2) is 25.2 Å². The van der Waals surface area contributed by atoms with Crippen LogP contribution in [-0.4, -0.2) is 6.72 Å². The standard InChI is InChI=1S/C4H6IN3/c1-4(5)3-7-8-6-2/h3H,2H2,1H3/b4-3+,8-7-. The first kappa shape index (κ1) is 7.74. The third-order valence-corrected chi connectivity index (χ3v) is 0.629. The minimum absolute atomic E-state index is 1.06. The van der Waals surface area contributed by atoms with Gasteiger partial charge in [0.05, 0.1) is 6.20 Å². The summed E-state index contributed by atoms with van der Waals surface area (Å²) in [5.41, 5.74) is 0. The first-order valence-electron chi connectivity index (χ1n) is 1.95. The molecule has 0 fully saturated rings. The van der Waals surface area contributed by atoms with Gasteiger partial charge in [-0.3, -0.25) is 0 Å². The maximum atomic E-state index is 3.52. The number of halogens is 1. The Labute approximate surface area is 61.7 Å². The van der Waals surface area contributed by atoms with Crippen molar-refractivity contribution in [3.05, 3.63) is 9.78 Å². The Hall–Kier alpha value is -0.260. The largest absolute Gasteiger partial charge is 0.147 e. The molecule has 0 spiro atoms. The van der Waals surface area contributed by atoms with Gasteiger partial charge in [-0.2, -0.15) is 0 Å².